The lowest BCUT2D eigenvalue weighted by Gasteiger charge is -2.26. The first-order valence-corrected chi connectivity index (χ1v) is 10.2. The summed E-state index contributed by atoms with van der Waals surface area (Å²) in [6.07, 6.45) is 2.50. The highest BCUT2D eigenvalue weighted by Crippen LogP contribution is 2.32. The molecule has 1 aromatic carbocycles. The number of carbonyl (C=O) groups is 1. The number of benzene rings is 1. The SMILES string of the molecule is CCC(C)(C)NC(=O)C(C)Sc1nnc(-c2ccoc2C)n1-c1ccccc1. The van der Waals surface area contributed by atoms with Crippen LogP contribution < -0.4 is 5.32 Å². The van der Waals surface area contributed by atoms with Crippen LogP contribution in [0.4, 0.5) is 0 Å². The van der Waals surface area contributed by atoms with Crippen LogP contribution in [-0.2, 0) is 4.79 Å². The first-order valence-electron chi connectivity index (χ1n) is 9.36. The molecule has 7 heteroatoms. The molecule has 0 aliphatic heterocycles. The van der Waals surface area contributed by atoms with Gasteiger partial charge in [0.25, 0.3) is 0 Å². The van der Waals surface area contributed by atoms with E-state index in [2.05, 4.69) is 22.4 Å². The molecule has 28 heavy (non-hydrogen) atoms. The zero-order valence-corrected chi connectivity index (χ0v) is 17.7. The quantitative estimate of drug-likeness (QED) is 0.588. The van der Waals surface area contributed by atoms with Gasteiger partial charge in [-0.05, 0) is 52.3 Å². The maximum atomic E-state index is 12.7. The highest BCUT2D eigenvalue weighted by atomic mass is 32.2. The number of rotatable bonds is 7. The molecule has 3 rings (SSSR count). The van der Waals surface area contributed by atoms with Gasteiger partial charge in [0.2, 0.25) is 5.91 Å². The Hall–Kier alpha value is -2.54. The van der Waals surface area contributed by atoms with Crippen molar-refractivity contribution in [1.29, 1.82) is 0 Å². The van der Waals surface area contributed by atoms with Gasteiger partial charge in [-0.3, -0.25) is 9.36 Å². The van der Waals surface area contributed by atoms with Crippen LogP contribution in [0.25, 0.3) is 17.1 Å². The third-order valence-electron chi connectivity index (χ3n) is 4.74. The molecule has 3 aromatic rings. The Morgan fingerprint density at radius 1 is 1.25 bits per heavy atom. The fourth-order valence-electron chi connectivity index (χ4n) is 2.68. The summed E-state index contributed by atoms with van der Waals surface area (Å²) in [7, 11) is 0. The average Bonchev–Trinajstić information content (AvgIpc) is 3.27. The van der Waals surface area contributed by atoms with Crippen molar-refractivity contribution in [2.24, 2.45) is 0 Å². The van der Waals surface area contributed by atoms with Gasteiger partial charge in [-0.1, -0.05) is 36.9 Å². The largest absolute Gasteiger partial charge is 0.469 e. The predicted octanol–water partition coefficient (Wildman–Crippen LogP) is 4.62. The van der Waals surface area contributed by atoms with Gasteiger partial charge in [0.05, 0.1) is 17.1 Å². The van der Waals surface area contributed by atoms with E-state index in [1.54, 1.807) is 6.26 Å². The molecule has 0 saturated carbocycles. The van der Waals surface area contributed by atoms with E-state index < -0.39 is 0 Å². The van der Waals surface area contributed by atoms with Crippen molar-refractivity contribution >= 4 is 17.7 Å². The maximum absolute atomic E-state index is 12.7. The van der Waals surface area contributed by atoms with Gasteiger partial charge in [-0.2, -0.15) is 0 Å². The van der Waals surface area contributed by atoms with Crippen molar-refractivity contribution in [3.63, 3.8) is 0 Å². The summed E-state index contributed by atoms with van der Waals surface area (Å²) in [6.45, 7) is 9.89. The van der Waals surface area contributed by atoms with Crippen molar-refractivity contribution in [2.75, 3.05) is 0 Å². The minimum atomic E-state index is -0.309. The molecular formula is C21H26N4O2S. The zero-order chi connectivity index (χ0) is 20.3. The topological polar surface area (TPSA) is 73.0 Å². The second kappa shape index (κ2) is 8.22. The third kappa shape index (κ3) is 4.30. The van der Waals surface area contributed by atoms with Crippen LogP contribution in [-0.4, -0.2) is 31.5 Å². The normalized spacial score (nSPS) is 12.8. The molecule has 6 nitrogen and oxygen atoms in total. The number of para-hydroxylation sites is 1. The molecule has 1 atom stereocenters. The molecule has 1 unspecified atom stereocenters. The average molecular weight is 399 g/mol. The minimum Gasteiger partial charge on any atom is -0.469 e. The standard InChI is InChI=1S/C21H26N4O2S/c1-6-21(4,5)22-19(26)15(3)28-20-24-23-18(17-12-13-27-14(17)2)25(20)16-10-8-7-9-11-16/h7-13,15H,6H2,1-5H3,(H,22,26). The molecule has 0 saturated heterocycles. The van der Waals surface area contributed by atoms with Gasteiger partial charge in [0.1, 0.15) is 5.76 Å². The number of nitrogens with one attached hydrogen (secondary N) is 1. The summed E-state index contributed by atoms with van der Waals surface area (Å²) in [5.74, 6) is 1.46. The van der Waals surface area contributed by atoms with Crippen LogP contribution in [0.1, 0.15) is 39.9 Å². The summed E-state index contributed by atoms with van der Waals surface area (Å²) in [4.78, 5) is 12.7. The fraction of sp³-hybridized carbons (Fsp3) is 0.381. The minimum absolute atomic E-state index is 0.0134. The first-order chi connectivity index (χ1) is 13.3. The highest BCUT2D eigenvalue weighted by molar-refractivity contribution is 8.00. The summed E-state index contributed by atoms with van der Waals surface area (Å²) in [6, 6.07) is 11.8. The monoisotopic (exact) mass is 398 g/mol. The van der Waals surface area contributed by atoms with E-state index in [4.69, 9.17) is 4.42 Å². The number of carbonyl (C=O) groups excluding carboxylic acids is 1. The molecule has 0 aliphatic rings. The first kappa shape index (κ1) is 20.2. The fourth-order valence-corrected chi connectivity index (χ4v) is 3.55. The van der Waals surface area contributed by atoms with Crippen LogP contribution in [0.5, 0.6) is 0 Å². The van der Waals surface area contributed by atoms with E-state index in [0.29, 0.717) is 11.0 Å². The van der Waals surface area contributed by atoms with Crippen molar-refractivity contribution in [3.05, 3.63) is 48.4 Å². The lowest BCUT2D eigenvalue weighted by molar-refractivity contribution is -0.121. The van der Waals surface area contributed by atoms with E-state index in [9.17, 15) is 4.79 Å². The molecule has 148 valence electrons. The number of hydrogen-bond acceptors (Lipinski definition) is 5. The third-order valence-corrected chi connectivity index (χ3v) is 5.79. The molecule has 2 aromatic heterocycles. The second-order valence-electron chi connectivity index (χ2n) is 7.35. The summed E-state index contributed by atoms with van der Waals surface area (Å²) >= 11 is 1.39. The molecule has 1 N–H and O–H groups in total. The van der Waals surface area contributed by atoms with Crippen molar-refractivity contribution < 1.29 is 9.21 Å². The van der Waals surface area contributed by atoms with E-state index in [-0.39, 0.29) is 16.7 Å². The van der Waals surface area contributed by atoms with Crippen LogP contribution in [0.3, 0.4) is 0 Å². The Labute approximate surface area is 169 Å². The Kier molecular flexibility index (Phi) is 5.93. The Morgan fingerprint density at radius 3 is 2.57 bits per heavy atom. The van der Waals surface area contributed by atoms with Gasteiger partial charge in [0.15, 0.2) is 11.0 Å². The van der Waals surface area contributed by atoms with Gasteiger partial charge in [-0.25, -0.2) is 0 Å². The molecule has 0 aliphatic carbocycles. The number of nitrogens with zero attached hydrogens (tertiary/aromatic N) is 3. The number of aryl methyl sites for hydroxylation is 1. The van der Waals surface area contributed by atoms with Gasteiger partial charge in [0, 0.05) is 11.2 Å². The predicted molar refractivity (Wildman–Crippen MR) is 112 cm³/mol. The summed E-state index contributed by atoms with van der Waals surface area (Å²) in [5.41, 5.74) is 1.58. The summed E-state index contributed by atoms with van der Waals surface area (Å²) in [5, 5.41) is 12.2. The molecule has 2 heterocycles. The Morgan fingerprint density at radius 2 is 1.96 bits per heavy atom. The smallest absolute Gasteiger partial charge is 0.233 e. The number of aromatic nitrogens is 3. The van der Waals surface area contributed by atoms with Crippen molar-refractivity contribution in [3.8, 4) is 17.1 Å². The molecular weight excluding hydrogens is 372 g/mol. The molecule has 1 amide bonds. The number of furan rings is 1. The Bertz CT molecular complexity index is 946. The number of amides is 1. The van der Waals surface area contributed by atoms with E-state index >= 15 is 0 Å². The lowest BCUT2D eigenvalue weighted by Crippen LogP contribution is -2.46. The van der Waals surface area contributed by atoms with Gasteiger partial charge in [-0.15, -0.1) is 10.2 Å². The highest BCUT2D eigenvalue weighted by Gasteiger charge is 2.26. The zero-order valence-electron chi connectivity index (χ0n) is 16.9. The second-order valence-corrected chi connectivity index (χ2v) is 8.66. The van der Waals surface area contributed by atoms with E-state index in [0.717, 1.165) is 23.4 Å². The molecule has 0 bridgehead atoms. The van der Waals surface area contributed by atoms with Crippen molar-refractivity contribution in [2.45, 2.75) is 57.0 Å². The number of thioether (sulfide) groups is 1. The van der Waals surface area contributed by atoms with Crippen LogP contribution in [0.2, 0.25) is 0 Å². The molecule has 0 radical (unpaired) electrons. The Balaban J connectivity index is 1.95. The van der Waals surface area contributed by atoms with Crippen molar-refractivity contribution in [1.82, 2.24) is 20.1 Å². The summed E-state index contributed by atoms with van der Waals surface area (Å²) < 4.78 is 7.42. The maximum Gasteiger partial charge on any atom is 0.233 e. The van der Waals surface area contributed by atoms with E-state index in [1.807, 2.05) is 68.7 Å². The number of hydrogen-bond donors (Lipinski definition) is 1. The van der Waals surface area contributed by atoms with Crippen LogP contribution in [0.15, 0.2) is 52.2 Å². The van der Waals surface area contributed by atoms with Crippen LogP contribution in [0, 0.1) is 6.92 Å². The van der Waals surface area contributed by atoms with Gasteiger partial charge >= 0.3 is 0 Å². The van der Waals surface area contributed by atoms with Gasteiger partial charge < -0.3 is 9.73 Å². The molecule has 0 fully saturated rings. The van der Waals surface area contributed by atoms with E-state index in [1.165, 1.54) is 11.8 Å². The lowest BCUT2D eigenvalue weighted by atomic mass is 10.0. The van der Waals surface area contributed by atoms with Crippen LogP contribution >= 0.6 is 11.8 Å². The molecule has 0 spiro atoms.